The molecule has 0 spiro atoms. The summed E-state index contributed by atoms with van der Waals surface area (Å²) in [4.78, 5) is 49.0. The highest BCUT2D eigenvalue weighted by Gasteiger charge is 2.17. The molecule has 16 nitrogen and oxygen atoms in total. The monoisotopic (exact) mass is 769 g/mol. The molecule has 3 aromatic rings. The second-order valence-corrected chi connectivity index (χ2v) is 13.3. The van der Waals surface area contributed by atoms with Crippen LogP contribution >= 0.6 is 0 Å². The predicted octanol–water partition coefficient (Wildman–Crippen LogP) is 3.34. The van der Waals surface area contributed by atoms with Gasteiger partial charge in [0.15, 0.2) is 5.69 Å². The van der Waals surface area contributed by atoms with Crippen LogP contribution in [-0.2, 0) is 43.2 Å². The van der Waals surface area contributed by atoms with Crippen molar-refractivity contribution in [1.29, 1.82) is 0 Å². The van der Waals surface area contributed by atoms with E-state index in [0.717, 1.165) is 5.56 Å². The maximum atomic E-state index is 12.4. The maximum Gasteiger partial charge on any atom is 0.412 e. The first kappa shape index (κ1) is 44.7. The molecule has 0 saturated carbocycles. The Kier molecular flexibility index (Phi) is 19.5. The summed E-state index contributed by atoms with van der Waals surface area (Å²) in [6.45, 7) is 9.66. The number of carbonyl (C=O) groups excluding carboxylic acids is 3. The molecule has 0 aliphatic heterocycles. The number of ether oxygens (including phenoxy) is 6. The number of carbonyl (C=O) groups is 3. The summed E-state index contributed by atoms with van der Waals surface area (Å²) < 4.78 is 32.5. The molecule has 3 N–H and O–H groups in total. The van der Waals surface area contributed by atoms with E-state index >= 15 is 0 Å². The maximum absolute atomic E-state index is 12.4. The van der Waals surface area contributed by atoms with Gasteiger partial charge in [-0.15, -0.1) is 0 Å². The number of rotatable bonds is 24. The average molecular weight is 770 g/mol. The fraction of sp³-hybridized carbons (Fsp3) is 0.513. The zero-order valence-electron chi connectivity index (χ0n) is 32.5. The van der Waals surface area contributed by atoms with Crippen molar-refractivity contribution in [2.75, 3.05) is 92.0 Å². The molecular weight excluding hydrogens is 714 g/mol. The van der Waals surface area contributed by atoms with Gasteiger partial charge in [-0.3, -0.25) is 15.1 Å². The number of nitrogens with one attached hydrogen (secondary N) is 1. The van der Waals surface area contributed by atoms with E-state index in [9.17, 15) is 24.6 Å². The number of hydrogen-bond donors (Lipinski definition) is 3. The summed E-state index contributed by atoms with van der Waals surface area (Å²) in [5.74, 6) is -0.651. The van der Waals surface area contributed by atoms with E-state index in [1.54, 1.807) is 51.1 Å². The molecule has 0 bridgehead atoms. The SMILES string of the molecule is COC(=O)c1cccc(CN(CCO)CCOCCOCCN(CCO)Cc2cc(OCCc3ccc(NC(=O)OC(C)(C)C)cc3)cc(C(=O)OC)n2)n1. The number of aliphatic hydroxyl groups is 2. The number of esters is 2. The van der Waals surface area contributed by atoms with Gasteiger partial charge in [0.1, 0.15) is 17.0 Å². The molecule has 0 atom stereocenters. The van der Waals surface area contributed by atoms with Crippen LogP contribution in [0.1, 0.15) is 58.7 Å². The first-order valence-corrected chi connectivity index (χ1v) is 18.1. The molecule has 55 heavy (non-hydrogen) atoms. The number of aliphatic hydroxyl groups excluding tert-OH is 2. The zero-order chi connectivity index (χ0) is 40.1. The Morgan fingerprint density at radius 2 is 1.29 bits per heavy atom. The fourth-order valence-corrected chi connectivity index (χ4v) is 5.17. The van der Waals surface area contributed by atoms with Crippen molar-refractivity contribution in [3.8, 4) is 5.75 Å². The van der Waals surface area contributed by atoms with Crippen molar-refractivity contribution in [3.05, 3.63) is 82.9 Å². The largest absolute Gasteiger partial charge is 0.493 e. The minimum atomic E-state index is -0.597. The van der Waals surface area contributed by atoms with E-state index in [-0.39, 0.29) is 24.6 Å². The summed E-state index contributed by atoms with van der Waals surface area (Å²) in [5.41, 5.74) is 2.57. The Balaban J connectivity index is 1.44. The van der Waals surface area contributed by atoms with E-state index in [0.29, 0.717) is 102 Å². The summed E-state index contributed by atoms with van der Waals surface area (Å²) in [7, 11) is 2.59. The molecule has 2 heterocycles. The summed E-state index contributed by atoms with van der Waals surface area (Å²) >= 11 is 0. The second kappa shape index (κ2) is 23.9. The number of anilines is 1. The lowest BCUT2D eigenvalue weighted by atomic mass is 10.1. The molecule has 0 unspecified atom stereocenters. The van der Waals surface area contributed by atoms with E-state index in [2.05, 4.69) is 15.3 Å². The molecule has 302 valence electrons. The lowest BCUT2D eigenvalue weighted by molar-refractivity contribution is 0.0268. The number of aromatic nitrogens is 2. The molecule has 2 aromatic heterocycles. The van der Waals surface area contributed by atoms with Gasteiger partial charge in [-0.25, -0.2) is 24.4 Å². The van der Waals surface area contributed by atoms with Gasteiger partial charge in [-0.05, 0) is 50.6 Å². The minimum absolute atomic E-state index is 0.0326. The van der Waals surface area contributed by atoms with E-state index in [1.165, 1.54) is 20.3 Å². The standard InChI is InChI=1S/C39H55N5O11/c1-39(2,3)55-38(49)42-30-11-9-29(10-12-30)13-20-54-33-25-32(41-35(26-33)37(48)51-5)28-44(15-19-46)17-22-53-24-23-52-21-16-43(14-18-45)27-31-7-6-8-34(40-31)36(47)50-4/h6-12,25-26,45-46H,13-24,27-28H2,1-5H3,(H,42,49). The van der Waals surface area contributed by atoms with Gasteiger partial charge in [0.2, 0.25) is 0 Å². The Morgan fingerprint density at radius 1 is 0.709 bits per heavy atom. The number of methoxy groups -OCH3 is 2. The normalized spacial score (nSPS) is 11.4. The van der Waals surface area contributed by atoms with Crippen LogP contribution in [0.5, 0.6) is 5.75 Å². The van der Waals surface area contributed by atoms with E-state index < -0.39 is 23.6 Å². The minimum Gasteiger partial charge on any atom is -0.493 e. The van der Waals surface area contributed by atoms with Crippen molar-refractivity contribution in [2.24, 2.45) is 0 Å². The summed E-state index contributed by atoms with van der Waals surface area (Å²) in [6, 6.07) is 15.8. The Bertz CT molecular complexity index is 1620. The molecule has 1 amide bonds. The molecule has 0 radical (unpaired) electrons. The van der Waals surface area contributed by atoms with Gasteiger partial charge < -0.3 is 38.6 Å². The first-order chi connectivity index (χ1) is 26.4. The lowest BCUT2D eigenvalue weighted by Gasteiger charge is -2.22. The molecule has 16 heteroatoms. The molecule has 0 fully saturated rings. The zero-order valence-corrected chi connectivity index (χ0v) is 32.5. The van der Waals surface area contributed by atoms with Crippen molar-refractivity contribution in [3.63, 3.8) is 0 Å². The average Bonchev–Trinajstić information content (AvgIpc) is 3.15. The topological polar surface area (TPSA) is 191 Å². The van der Waals surface area contributed by atoms with Crippen LogP contribution in [0.3, 0.4) is 0 Å². The highest BCUT2D eigenvalue weighted by molar-refractivity contribution is 5.88. The first-order valence-electron chi connectivity index (χ1n) is 18.1. The number of benzene rings is 1. The van der Waals surface area contributed by atoms with Gasteiger partial charge >= 0.3 is 18.0 Å². The molecular formula is C39H55N5O11. The van der Waals surface area contributed by atoms with E-state index in [4.69, 9.17) is 28.4 Å². The van der Waals surface area contributed by atoms with Gasteiger partial charge in [0.25, 0.3) is 0 Å². The molecule has 3 rings (SSSR count). The molecule has 0 aliphatic carbocycles. The highest BCUT2D eigenvalue weighted by atomic mass is 16.6. The van der Waals surface area contributed by atoms with Crippen LogP contribution < -0.4 is 10.1 Å². The smallest absolute Gasteiger partial charge is 0.412 e. The van der Waals surface area contributed by atoms with Crippen LogP contribution in [0.25, 0.3) is 0 Å². The van der Waals surface area contributed by atoms with Gasteiger partial charge in [0, 0.05) is 63.5 Å². The van der Waals surface area contributed by atoms with Crippen molar-refractivity contribution >= 4 is 23.7 Å². The highest BCUT2D eigenvalue weighted by Crippen LogP contribution is 2.18. The van der Waals surface area contributed by atoms with Crippen molar-refractivity contribution < 1.29 is 53.0 Å². The number of hydrogen-bond acceptors (Lipinski definition) is 15. The summed E-state index contributed by atoms with van der Waals surface area (Å²) in [6.07, 6.45) is 0.0439. The number of amides is 1. The predicted molar refractivity (Wildman–Crippen MR) is 203 cm³/mol. The molecule has 1 aromatic carbocycles. The Labute approximate surface area is 322 Å². The third kappa shape index (κ3) is 17.5. The molecule has 0 saturated heterocycles. The van der Waals surface area contributed by atoms with Crippen LogP contribution in [0.2, 0.25) is 0 Å². The Morgan fingerprint density at radius 3 is 1.87 bits per heavy atom. The van der Waals surface area contributed by atoms with Crippen LogP contribution in [0, 0.1) is 0 Å². The van der Waals surface area contributed by atoms with Crippen molar-refractivity contribution in [1.82, 2.24) is 19.8 Å². The van der Waals surface area contributed by atoms with Crippen molar-refractivity contribution in [2.45, 2.75) is 45.9 Å². The number of pyridine rings is 2. The Hall–Kier alpha value is -4.71. The van der Waals surface area contributed by atoms with Gasteiger partial charge in [0.05, 0.1) is 71.9 Å². The molecule has 0 aliphatic rings. The lowest BCUT2D eigenvalue weighted by Crippen LogP contribution is -2.31. The quantitative estimate of drug-likeness (QED) is 0.0683. The van der Waals surface area contributed by atoms with Crippen LogP contribution in [-0.4, -0.2) is 140 Å². The van der Waals surface area contributed by atoms with Gasteiger partial charge in [-0.1, -0.05) is 18.2 Å². The fourth-order valence-electron chi connectivity index (χ4n) is 5.17. The van der Waals surface area contributed by atoms with Gasteiger partial charge in [-0.2, -0.15) is 0 Å². The van der Waals surface area contributed by atoms with Crippen LogP contribution in [0.4, 0.5) is 10.5 Å². The van der Waals surface area contributed by atoms with E-state index in [1.807, 2.05) is 28.0 Å². The number of nitrogens with zero attached hydrogens (tertiary/aromatic N) is 4. The third-order valence-electron chi connectivity index (χ3n) is 7.79. The second-order valence-electron chi connectivity index (χ2n) is 13.3. The third-order valence-corrected chi connectivity index (χ3v) is 7.79. The summed E-state index contributed by atoms with van der Waals surface area (Å²) in [5, 5.41) is 21.9. The van der Waals surface area contributed by atoms with Crippen LogP contribution in [0.15, 0.2) is 54.6 Å².